The number of hydrogen-bond acceptors (Lipinski definition) is 1. The Kier molecular flexibility index (Phi) is 3.00. The van der Waals surface area contributed by atoms with Crippen LogP contribution in [0.5, 0.6) is 0 Å². The average Bonchev–Trinajstić information content (AvgIpc) is 3.02. The summed E-state index contributed by atoms with van der Waals surface area (Å²) in [6.07, 6.45) is 2.35. The first-order valence-corrected chi connectivity index (χ1v) is 5.40. The van der Waals surface area contributed by atoms with E-state index in [1.807, 2.05) is 6.92 Å². The fourth-order valence-electron chi connectivity index (χ4n) is 1.91. The first kappa shape index (κ1) is 10.6. The lowest BCUT2D eigenvalue weighted by Crippen LogP contribution is -2.22. The molecule has 1 aliphatic rings. The van der Waals surface area contributed by atoms with E-state index in [0.717, 1.165) is 12.1 Å². The summed E-state index contributed by atoms with van der Waals surface area (Å²) in [6.45, 7) is 2.87. The number of halogens is 2. The van der Waals surface area contributed by atoms with E-state index in [1.165, 1.54) is 25.0 Å². The maximum atomic E-state index is 13.1. The number of rotatable bonds is 4. The van der Waals surface area contributed by atoms with Gasteiger partial charge in [-0.05, 0) is 43.0 Å². The summed E-state index contributed by atoms with van der Waals surface area (Å²) in [5.74, 6) is -0.935. The summed E-state index contributed by atoms with van der Waals surface area (Å²) in [6, 6.07) is 4.37. The lowest BCUT2D eigenvalue weighted by molar-refractivity contribution is 0.477. The van der Waals surface area contributed by atoms with Crippen molar-refractivity contribution in [3.05, 3.63) is 35.4 Å². The molecule has 2 rings (SSSR count). The van der Waals surface area contributed by atoms with Crippen LogP contribution in [0.1, 0.15) is 31.4 Å². The summed E-state index contributed by atoms with van der Waals surface area (Å²) in [4.78, 5) is 0. The summed E-state index contributed by atoms with van der Waals surface area (Å²) in [7, 11) is 0. The summed E-state index contributed by atoms with van der Waals surface area (Å²) in [5.41, 5.74) is 0.859. The van der Waals surface area contributed by atoms with Gasteiger partial charge in [0.05, 0.1) is 0 Å². The summed E-state index contributed by atoms with van der Waals surface area (Å²) >= 11 is 0. The van der Waals surface area contributed by atoms with Crippen LogP contribution in [0.2, 0.25) is 0 Å². The zero-order chi connectivity index (χ0) is 10.8. The molecule has 1 atom stereocenters. The molecule has 1 unspecified atom stereocenters. The number of hydrogen-bond donors (Lipinski definition) is 1. The van der Waals surface area contributed by atoms with Gasteiger partial charge < -0.3 is 5.32 Å². The van der Waals surface area contributed by atoms with E-state index in [2.05, 4.69) is 5.32 Å². The van der Waals surface area contributed by atoms with Gasteiger partial charge in [0.25, 0.3) is 0 Å². The quantitative estimate of drug-likeness (QED) is 0.807. The Morgan fingerprint density at radius 1 is 1.33 bits per heavy atom. The molecular formula is C12H15F2N. The van der Waals surface area contributed by atoms with Gasteiger partial charge in [0, 0.05) is 6.04 Å². The Morgan fingerprint density at radius 3 is 2.60 bits per heavy atom. The van der Waals surface area contributed by atoms with Crippen molar-refractivity contribution >= 4 is 0 Å². The van der Waals surface area contributed by atoms with Crippen molar-refractivity contribution in [2.24, 2.45) is 5.92 Å². The maximum Gasteiger partial charge on any atom is 0.159 e. The molecule has 1 saturated carbocycles. The van der Waals surface area contributed by atoms with Gasteiger partial charge in [-0.1, -0.05) is 13.0 Å². The highest BCUT2D eigenvalue weighted by Gasteiger charge is 2.31. The van der Waals surface area contributed by atoms with Gasteiger partial charge in [-0.25, -0.2) is 8.78 Å². The SMILES string of the molecule is CCNC(c1ccc(F)c(F)c1)C1CC1. The van der Waals surface area contributed by atoms with Crippen LogP contribution in [-0.4, -0.2) is 6.54 Å². The molecule has 0 heterocycles. The zero-order valence-corrected chi connectivity index (χ0v) is 8.76. The fourth-order valence-corrected chi connectivity index (χ4v) is 1.91. The van der Waals surface area contributed by atoms with Crippen LogP contribution in [0.4, 0.5) is 8.78 Å². The van der Waals surface area contributed by atoms with Crippen molar-refractivity contribution in [1.82, 2.24) is 5.32 Å². The van der Waals surface area contributed by atoms with Crippen LogP contribution in [0.3, 0.4) is 0 Å². The molecule has 1 aliphatic carbocycles. The van der Waals surface area contributed by atoms with E-state index >= 15 is 0 Å². The average molecular weight is 211 g/mol. The van der Waals surface area contributed by atoms with Gasteiger partial charge >= 0.3 is 0 Å². The summed E-state index contributed by atoms with van der Waals surface area (Å²) in [5, 5.41) is 3.32. The van der Waals surface area contributed by atoms with E-state index in [1.54, 1.807) is 6.07 Å². The lowest BCUT2D eigenvalue weighted by Gasteiger charge is -2.17. The van der Waals surface area contributed by atoms with E-state index < -0.39 is 11.6 Å². The predicted octanol–water partition coefficient (Wildman–Crippen LogP) is 3.03. The van der Waals surface area contributed by atoms with Crippen LogP contribution in [0.25, 0.3) is 0 Å². The molecule has 1 aromatic carbocycles. The smallest absolute Gasteiger partial charge is 0.159 e. The van der Waals surface area contributed by atoms with Crippen LogP contribution in [0.15, 0.2) is 18.2 Å². The monoisotopic (exact) mass is 211 g/mol. The second kappa shape index (κ2) is 4.27. The van der Waals surface area contributed by atoms with Crippen molar-refractivity contribution in [3.8, 4) is 0 Å². The van der Waals surface area contributed by atoms with Crippen molar-refractivity contribution in [1.29, 1.82) is 0 Å². The Morgan fingerprint density at radius 2 is 2.07 bits per heavy atom. The second-order valence-electron chi connectivity index (χ2n) is 4.05. The minimum absolute atomic E-state index is 0.185. The Bertz CT molecular complexity index is 347. The first-order chi connectivity index (χ1) is 7.22. The molecule has 0 aromatic heterocycles. The topological polar surface area (TPSA) is 12.0 Å². The van der Waals surface area contributed by atoms with Crippen LogP contribution in [-0.2, 0) is 0 Å². The van der Waals surface area contributed by atoms with E-state index in [-0.39, 0.29) is 6.04 Å². The highest BCUT2D eigenvalue weighted by molar-refractivity contribution is 5.23. The Balaban J connectivity index is 2.21. The molecule has 0 aliphatic heterocycles. The van der Waals surface area contributed by atoms with E-state index in [9.17, 15) is 8.78 Å². The second-order valence-corrected chi connectivity index (χ2v) is 4.05. The molecule has 1 N–H and O–H groups in total. The zero-order valence-electron chi connectivity index (χ0n) is 8.76. The van der Waals surface area contributed by atoms with Gasteiger partial charge in [0.1, 0.15) is 0 Å². The molecule has 0 amide bonds. The van der Waals surface area contributed by atoms with Gasteiger partial charge in [-0.15, -0.1) is 0 Å². The van der Waals surface area contributed by atoms with Crippen molar-refractivity contribution in [2.75, 3.05) is 6.54 Å². The number of nitrogens with one attached hydrogen (secondary N) is 1. The molecule has 0 saturated heterocycles. The first-order valence-electron chi connectivity index (χ1n) is 5.40. The molecule has 1 nitrogen and oxygen atoms in total. The van der Waals surface area contributed by atoms with Crippen molar-refractivity contribution in [3.63, 3.8) is 0 Å². The molecule has 1 fully saturated rings. The lowest BCUT2D eigenvalue weighted by atomic mass is 10.0. The highest BCUT2D eigenvalue weighted by Crippen LogP contribution is 2.41. The van der Waals surface area contributed by atoms with Crippen LogP contribution in [0, 0.1) is 17.6 Å². The minimum atomic E-state index is -0.773. The number of benzene rings is 1. The van der Waals surface area contributed by atoms with E-state index in [0.29, 0.717) is 5.92 Å². The Labute approximate surface area is 88.5 Å². The molecule has 3 heteroatoms. The molecule has 0 radical (unpaired) electrons. The summed E-state index contributed by atoms with van der Waals surface area (Å²) < 4.78 is 25.8. The maximum absolute atomic E-state index is 13.1. The van der Waals surface area contributed by atoms with E-state index in [4.69, 9.17) is 0 Å². The third-order valence-corrected chi connectivity index (χ3v) is 2.82. The fraction of sp³-hybridized carbons (Fsp3) is 0.500. The molecular weight excluding hydrogens is 196 g/mol. The standard InChI is InChI=1S/C12H15F2N/c1-2-15-12(8-3-4-8)9-5-6-10(13)11(14)7-9/h5-8,12,15H,2-4H2,1H3. The highest BCUT2D eigenvalue weighted by atomic mass is 19.2. The third kappa shape index (κ3) is 2.34. The molecule has 15 heavy (non-hydrogen) atoms. The van der Waals surface area contributed by atoms with Crippen LogP contribution >= 0.6 is 0 Å². The largest absolute Gasteiger partial charge is 0.310 e. The Hall–Kier alpha value is -0.960. The van der Waals surface area contributed by atoms with Gasteiger partial charge in [0.2, 0.25) is 0 Å². The molecule has 0 bridgehead atoms. The van der Waals surface area contributed by atoms with Crippen LogP contribution < -0.4 is 5.32 Å². The predicted molar refractivity (Wildman–Crippen MR) is 55.5 cm³/mol. The van der Waals surface area contributed by atoms with Gasteiger partial charge in [-0.3, -0.25) is 0 Å². The molecule has 0 spiro atoms. The van der Waals surface area contributed by atoms with Crippen molar-refractivity contribution < 1.29 is 8.78 Å². The minimum Gasteiger partial charge on any atom is -0.310 e. The molecule has 82 valence electrons. The van der Waals surface area contributed by atoms with Gasteiger partial charge in [0.15, 0.2) is 11.6 Å². The third-order valence-electron chi connectivity index (χ3n) is 2.82. The molecule has 1 aromatic rings. The normalized spacial score (nSPS) is 17.8. The van der Waals surface area contributed by atoms with Gasteiger partial charge in [-0.2, -0.15) is 0 Å². The van der Waals surface area contributed by atoms with Crippen molar-refractivity contribution in [2.45, 2.75) is 25.8 Å².